The van der Waals surface area contributed by atoms with E-state index in [0.717, 1.165) is 29.5 Å². The maximum Gasteiger partial charge on any atom is 0.0519 e. The van der Waals surface area contributed by atoms with E-state index in [-0.39, 0.29) is 12.5 Å². The van der Waals surface area contributed by atoms with Gasteiger partial charge in [-0.15, -0.1) is 0 Å². The van der Waals surface area contributed by atoms with Crippen molar-refractivity contribution in [3.8, 4) is 0 Å². The van der Waals surface area contributed by atoms with E-state index in [1.165, 1.54) is 12.8 Å². The fourth-order valence-electron chi connectivity index (χ4n) is 1.84. The van der Waals surface area contributed by atoms with Crippen molar-refractivity contribution in [1.82, 2.24) is 0 Å². The average molecular weight is 255 g/mol. The van der Waals surface area contributed by atoms with Gasteiger partial charge in [0.1, 0.15) is 0 Å². The standard InChI is InChI=1S/C14H19ClO2/c15-14-4-2-1-3-13(14)7-12(8-16)10-17-9-11-5-6-11/h1-4,11-12,16H,5-10H2. The molecular formula is C14H19ClO2. The molecule has 1 atom stereocenters. The lowest BCUT2D eigenvalue weighted by Gasteiger charge is -2.15. The second kappa shape index (κ2) is 6.39. The molecule has 0 radical (unpaired) electrons. The second-order valence-corrected chi connectivity index (χ2v) is 5.23. The van der Waals surface area contributed by atoms with E-state index in [4.69, 9.17) is 16.3 Å². The van der Waals surface area contributed by atoms with E-state index in [9.17, 15) is 5.11 Å². The quantitative estimate of drug-likeness (QED) is 0.811. The molecule has 0 heterocycles. The molecule has 1 aliphatic carbocycles. The Balaban J connectivity index is 1.79. The minimum atomic E-state index is 0.147. The maximum atomic E-state index is 9.34. The fourth-order valence-corrected chi connectivity index (χ4v) is 2.05. The van der Waals surface area contributed by atoms with Crippen molar-refractivity contribution in [2.45, 2.75) is 19.3 Å². The van der Waals surface area contributed by atoms with Gasteiger partial charge in [0.25, 0.3) is 0 Å². The summed E-state index contributed by atoms with van der Waals surface area (Å²) in [5.74, 6) is 0.920. The SMILES string of the molecule is OCC(COCC1CC1)Cc1ccccc1Cl. The Labute approximate surface area is 108 Å². The number of hydrogen-bond donors (Lipinski definition) is 1. The Morgan fingerprint density at radius 3 is 2.76 bits per heavy atom. The molecule has 1 unspecified atom stereocenters. The Hall–Kier alpha value is -0.570. The summed E-state index contributed by atoms with van der Waals surface area (Å²) in [6.07, 6.45) is 3.38. The summed E-state index contributed by atoms with van der Waals surface area (Å²) in [6.45, 7) is 1.62. The second-order valence-electron chi connectivity index (χ2n) is 4.82. The molecule has 0 aliphatic heterocycles. The van der Waals surface area contributed by atoms with Crippen molar-refractivity contribution in [2.75, 3.05) is 19.8 Å². The molecule has 0 spiro atoms. The first-order chi connectivity index (χ1) is 8.29. The van der Waals surface area contributed by atoms with Crippen LogP contribution in [0.2, 0.25) is 5.02 Å². The highest BCUT2D eigenvalue weighted by molar-refractivity contribution is 6.31. The van der Waals surface area contributed by atoms with E-state index < -0.39 is 0 Å². The van der Waals surface area contributed by atoms with E-state index in [0.29, 0.717) is 6.61 Å². The fraction of sp³-hybridized carbons (Fsp3) is 0.571. The molecule has 0 bridgehead atoms. The summed E-state index contributed by atoms with van der Waals surface area (Å²) in [7, 11) is 0. The van der Waals surface area contributed by atoms with Gasteiger partial charge in [0.2, 0.25) is 0 Å². The van der Waals surface area contributed by atoms with Gasteiger partial charge in [0, 0.05) is 24.2 Å². The predicted molar refractivity (Wildman–Crippen MR) is 69.3 cm³/mol. The van der Waals surface area contributed by atoms with Crippen molar-refractivity contribution in [3.05, 3.63) is 34.9 Å². The Morgan fingerprint density at radius 2 is 2.12 bits per heavy atom. The molecule has 3 heteroatoms. The summed E-state index contributed by atoms with van der Waals surface area (Å²) >= 11 is 6.10. The molecule has 17 heavy (non-hydrogen) atoms. The molecule has 94 valence electrons. The summed E-state index contributed by atoms with van der Waals surface area (Å²) in [5, 5.41) is 10.1. The zero-order chi connectivity index (χ0) is 12.1. The highest BCUT2D eigenvalue weighted by atomic mass is 35.5. The zero-order valence-electron chi connectivity index (χ0n) is 9.94. The summed E-state index contributed by atoms with van der Waals surface area (Å²) in [4.78, 5) is 0. The Bertz CT molecular complexity index is 350. The monoisotopic (exact) mass is 254 g/mol. The third-order valence-corrected chi connectivity index (χ3v) is 3.50. The van der Waals surface area contributed by atoms with Gasteiger partial charge in [-0.3, -0.25) is 0 Å². The van der Waals surface area contributed by atoms with Gasteiger partial charge in [-0.1, -0.05) is 29.8 Å². The van der Waals surface area contributed by atoms with E-state index >= 15 is 0 Å². The predicted octanol–water partition coefficient (Wildman–Crippen LogP) is 2.92. The molecule has 0 amide bonds. The van der Waals surface area contributed by atoms with Gasteiger partial charge in [-0.25, -0.2) is 0 Å². The lowest BCUT2D eigenvalue weighted by Crippen LogP contribution is -2.17. The smallest absolute Gasteiger partial charge is 0.0519 e. The van der Waals surface area contributed by atoms with Crippen molar-refractivity contribution in [1.29, 1.82) is 0 Å². The normalized spacial score (nSPS) is 17.1. The minimum absolute atomic E-state index is 0.147. The number of hydrogen-bond acceptors (Lipinski definition) is 2. The Morgan fingerprint density at radius 1 is 1.35 bits per heavy atom. The van der Waals surface area contributed by atoms with Crippen LogP contribution in [0.15, 0.2) is 24.3 Å². The van der Waals surface area contributed by atoms with Crippen LogP contribution in [0.4, 0.5) is 0 Å². The lowest BCUT2D eigenvalue weighted by molar-refractivity contribution is 0.0669. The molecule has 1 aromatic carbocycles. The van der Waals surface area contributed by atoms with Crippen molar-refractivity contribution < 1.29 is 9.84 Å². The van der Waals surface area contributed by atoms with Crippen molar-refractivity contribution in [2.24, 2.45) is 11.8 Å². The first-order valence-corrected chi connectivity index (χ1v) is 6.59. The topological polar surface area (TPSA) is 29.5 Å². The number of halogens is 1. The number of aliphatic hydroxyl groups excluding tert-OH is 1. The largest absolute Gasteiger partial charge is 0.396 e. The van der Waals surface area contributed by atoms with Crippen molar-refractivity contribution in [3.63, 3.8) is 0 Å². The van der Waals surface area contributed by atoms with E-state index in [1.807, 2.05) is 24.3 Å². The number of benzene rings is 1. The van der Waals surface area contributed by atoms with Gasteiger partial charge < -0.3 is 9.84 Å². The zero-order valence-corrected chi connectivity index (χ0v) is 10.7. The van der Waals surface area contributed by atoms with Crippen LogP contribution >= 0.6 is 11.6 Å². The minimum Gasteiger partial charge on any atom is -0.396 e. The molecule has 0 aromatic heterocycles. The van der Waals surface area contributed by atoms with Gasteiger partial charge in [0.15, 0.2) is 0 Å². The molecule has 1 aromatic rings. The number of ether oxygens (including phenoxy) is 1. The van der Waals surface area contributed by atoms with Crippen LogP contribution < -0.4 is 0 Å². The van der Waals surface area contributed by atoms with Crippen LogP contribution in [0, 0.1) is 11.8 Å². The third-order valence-electron chi connectivity index (χ3n) is 3.13. The van der Waals surface area contributed by atoms with Gasteiger partial charge in [0.05, 0.1) is 6.61 Å². The van der Waals surface area contributed by atoms with E-state index in [1.54, 1.807) is 0 Å². The third kappa shape index (κ3) is 4.30. The van der Waals surface area contributed by atoms with Crippen LogP contribution in [0.1, 0.15) is 18.4 Å². The average Bonchev–Trinajstić information content (AvgIpc) is 3.14. The number of aliphatic hydroxyl groups is 1. The molecule has 1 N–H and O–H groups in total. The van der Waals surface area contributed by atoms with Gasteiger partial charge in [-0.2, -0.15) is 0 Å². The van der Waals surface area contributed by atoms with E-state index in [2.05, 4.69) is 0 Å². The molecule has 0 saturated heterocycles. The van der Waals surface area contributed by atoms with Crippen LogP contribution in [0.25, 0.3) is 0 Å². The summed E-state index contributed by atoms with van der Waals surface area (Å²) in [6, 6.07) is 7.78. The van der Waals surface area contributed by atoms with Gasteiger partial charge in [-0.05, 0) is 36.8 Å². The maximum absolute atomic E-state index is 9.34. The first-order valence-electron chi connectivity index (χ1n) is 6.21. The highest BCUT2D eigenvalue weighted by Gasteiger charge is 2.21. The highest BCUT2D eigenvalue weighted by Crippen LogP contribution is 2.29. The Kier molecular flexibility index (Phi) is 4.84. The van der Waals surface area contributed by atoms with Crippen LogP contribution in [0.3, 0.4) is 0 Å². The van der Waals surface area contributed by atoms with Crippen molar-refractivity contribution >= 4 is 11.6 Å². The molecule has 1 saturated carbocycles. The number of rotatable bonds is 7. The van der Waals surface area contributed by atoms with Crippen LogP contribution in [-0.2, 0) is 11.2 Å². The van der Waals surface area contributed by atoms with Crippen LogP contribution in [-0.4, -0.2) is 24.9 Å². The van der Waals surface area contributed by atoms with Gasteiger partial charge >= 0.3 is 0 Å². The molecule has 2 rings (SSSR count). The molecule has 1 fully saturated rings. The summed E-state index contributed by atoms with van der Waals surface area (Å²) < 4.78 is 5.62. The summed E-state index contributed by atoms with van der Waals surface area (Å²) in [5.41, 5.74) is 1.09. The molecular weight excluding hydrogens is 236 g/mol. The van der Waals surface area contributed by atoms with Crippen LogP contribution in [0.5, 0.6) is 0 Å². The lowest BCUT2D eigenvalue weighted by atomic mass is 10.0. The molecule has 1 aliphatic rings. The molecule has 2 nitrogen and oxygen atoms in total. The first kappa shape index (κ1) is 12.9.